The third kappa shape index (κ3) is 1.79. The molecule has 0 unspecified atom stereocenters. The summed E-state index contributed by atoms with van der Waals surface area (Å²) in [6.45, 7) is 6.43. The normalized spacial score (nSPS) is 14.7. The van der Waals surface area contributed by atoms with E-state index in [1.165, 1.54) is 28.2 Å². The van der Waals surface area contributed by atoms with E-state index in [-0.39, 0.29) is 0 Å². The molecule has 0 amide bonds. The Balaban J connectivity index is 2.10. The smallest absolute Gasteiger partial charge is 0.0457 e. The van der Waals surface area contributed by atoms with E-state index in [1.54, 1.807) is 0 Å². The molecule has 0 spiro atoms. The number of hydrogen-bond acceptors (Lipinski definition) is 1. The molecule has 1 aromatic carbocycles. The molecule has 0 aliphatic carbocycles. The summed E-state index contributed by atoms with van der Waals surface area (Å²) in [6, 6.07) is 11.2. The van der Waals surface area contributed by atoms with Crippen molar-refractivity contribution in [1.29, 1.82) is 0 Å². The van der Waals surface area contributed by atoms with Gasteiger partial charge in [-0.3, -0.25) is 0 Å². The SMILES string of the molecule is Cc1ccc(C)n1-c1ccc2c(c1)CCNC2. The van der Waals surface area contributed by atoms with Gasteiger partial charge in [0.1, 0.15) is 0 Å². The van der Waals surface area contributed by atoms with Gasteiger partial charge in [-0.1, -0.05) is 6.07 Å². The lowest BCUT2D eigenvalue weighted by atomic mass is 10.0. The molecule has 2 heteroatoms. The van der Waals surface area contributed by atoms with Crippen molar-refractivity contribution in [2.24, 2.45) is 0 Å². The van der Waals surface area contributed by atoms with Crippen molar-refractivity contribution in [3.8, 4) is 5.69 Å². The Kier molecular flexibility index (Phi) is 2.52. The topological polar surface area (TPSA) is 17.0 Å². The lowest BCUT2D eigenvalue weighted by molar-refractivity contribution is 0.643. The number of nitrogens with zero attached hydrogens (tertiary/aromatic N) is 1. The Bertz CT molecular complexity index is 533. The highest BCUT2D eigenvalue weighted by Gasteiger charge is 2.10. The molecule has 2 heterocycles. The number of aryl methyl sites for hydroxylation is 2. The fourth-order valence-corrected chi connectivity index (χ4v) is 2.68. The molecule has 0 radical (unpaired) electrons. The molecule has 0 bridgehead atoms. The minimum atomic E-state index is 1.01. The standard InChI is InChI=1S/C15H18N2/c1-11-3-4-12(2)17(11)15-6-5-14-10-16-8-7-13(14)9-15/h3-6,9,16H,7-8,10H2,1-2H3. The largest absolute Gasteiger partial charge is 0.319 e. The van der Waals surface area contributed by atoms with Gasteiger partial charge in [0.15, 0.2) is 0 Å². The van der Waals surface area contributed by atoms with Crippen LogP contribution in [0.25, 0.3) is 5.69 Å². The second kappa shape index (κ2) is 4.04. The first-order valence-corrected chi connectivity index (χ1v) is 6.23. The van der Waals surface area contributed by atoms with Crippen molar-refractivity contribution < 1.29 is 0 Å². The summed E-state index contributed by atoms with van der Waals surface area (Å²) >= 11 is 0. The monoisotopic (exact) mass is 226 g/mol. The molecule has 17 heavy (non-hydrogen) atoms. The highest BCUT2D eigenvalue weighted by molar-refractivity contribution is 5.44. The van der Waals surface area contributed by atoms with Crippen LogP contribution in [0, 0.1) is 13.8 Å². The van der Waals surface area contributed by atoms with Crippen LogP contribution in [0.3, 0.4) is 0 Å². The van der Waals surface area contributed by atoms with Gasteiger partial charge in [-0.05, 0) is 62.2 Å². The van der Waals surface area contributed by atoms with E-state index in [1.807, 2.05) is 0 Å². The van der Waals surface area contributed by atoms with Gasteiger partial charge in [-0.25, -0.2) is 0 Å². The Labute approximate surface area is 102 Å². The van der Waals surface area contributed by atoms with Crippen LogP contribution in [0.2, 0.25) is 0 Å². The molecule has 3 rings (SSSR count). The number of hydrogen-bond donors (Lipinski definition) is 1. The second-order valence-electron chi connectivity index (χ2n) is 4.83. The van der Waals surface area contributed by atoms with E-state index in [4.69, 9.17) is 0 Å². The van der Waals surface area contributed by atoms with Crippen LogP contribution in [0.1, 0.15) is 22.5 Å². The zero-order chi connectivity index (χ0) is 11.8. The Morgan fingerprint density at radius 1 is 1.00 bits per heavy atom. The van der Waals surface area contributed by atoms with Crippen LogP contribution in [-0.4, -0.2) is 11.1 Å². The van der Waals surface area contributed by atoms with E-state index < -0.39 is 0 Å². The minimum Gasteiger partial charge on any atom is -0.319 e. The van der Waals surface area contributed by atoms with Crippen molar-refractivity contribution in [2.45, 2.75) is 26.8 Å². The molecule has 0 fully saturated rings. The maximum Gasteiger partial charge on any atom is 0.0457 e. The fraction of sp³-hybridized carbons (Fsp3) is 0.333. The number of rotatable bonds is 1. The summed E-state index contributed by atoms with van der Waals surface area (Å²) in [4.78, 5) is 0. The molecule has 0 saturated heterocycles. The molecule has 0 atom stereocenters. The molecular formula is C15H18N2. The quantitative estimate of drug-likeness (QED) is 0.791. The zero-order valence-corrected chi connectivity index (χ0v) is 10.5. The first-order chi connectivity index (χ1) is 8.25. The predicted molar refractivity (Wildman–Crippen MR) is 70.7 cm³/mol. The molecular weight excluding hydrogens is 208 g/mol. The Morgan fingerprint density at radius 2 is 1.76 bits per heavy atom. The Hall–Kier alpha value is -1.54. The predicted octanol–water partition coefficient (Wildman–Crippen LogP) is 2.74. The second-order valence-corrected chi connectivity index (χ2v) is 4.83. The first-order valence-electron chi connectivity index (χ1n) is 6.23. The highest BCUT2D eigenvalue weighted by Crippen LogP contribution is 2.21. The van der Waals surface area contributed by atoms with E-state index in [0.29, 0.717) is 0 Å². The lowest BCUT2D eigenvalue weighted by Crippen LogP contribution is -2.23. The highest BCUT2D eigenvalue weighted by atomic mass is 15.0. The molecule has 1 aliphatic heterocycles. The molecule has 1 N–H and O–H groups in total. The third-order valence-electron chi connectivity index (χ3n) is 3.61. The van der Waals surface area contributed by atoms with E-state index in [2.05, 4.69) is 54.1 Å². The lowest BCUT2D eigenvalue weighted by Gasteiger charge is -2.19. The molecule has 2 nitrogen and oxygen atoms in total. The van der Waals surface area contributed by atoms with Crippen LogP contribution < -0.4 is 5.32 Å². The molecule has 1 aliphatic rings. The van der Waals surface area contributed by atoms with Crippen molar-refractivity contribution in [2.75, 3.05) is 6.54 Å². The van der Waals surface area contributed by atoms with Gasteiger partial charge in [-0.15, -0.1) is 0 Å². The minimum absolute atomic E-state index is 1.01. The van der Waals surface area contributed by atoms with Crippen molar-refractivity contribution in [1.82, 2.24) is 9.88 Å². The van der Waals surface area contributed by atoms with E-state index >= 15 is 0 Å². The van der Waals surface area contributed by atoms with Gasteiger partial charge in [0, 0.05) is 23.6 Å². The summed E-state index contributed by atoms with van der Waals surface area (Å²) in [6.07, 6.45) is 1.14. The van der Waals surface area contributed by atoms with Gasteiger partial charge in [0.2, 0.25) is 0 Å². The Morgan fingerprint density at radius 3 is 2.53 bits per heavy atom. The van der Waals surface area contributed by atoms with Crippen LogP contribution in [-0.2, 0) is 13.0 Å². The third-order valence-corrected chi connectivity index (χ3v) is 3.61. The summed E-state index contributed by atoms with van der Waals surface area (Å²) in [5.74, 6) is 0. The van der Waals surface area contributed by atoms with Crippen LogP contribution in [0.15, 0.2) is 30.3 Å². The van der Waals surface area contributed by atoms with E-state index in [9.17, 15) is 0 Å². The summed E-state index contributed by atoms with van der Waals surface area (Å²) in [5.41, 5.74) is 6.84. The molecule has 88 valence electrons. The average Bonchev–Trinajstić information content (AvgIpc) is 2.68. The van der Waals surface area contributed by atoms with Crippen LogP contribution >= 0.6 is 0 Å². The molecule has 2 aromatic rings. The van der Waals surface area contributed by atoms with Crippen LogP contribution in [0.4, 0.5) is 0 Å². The van der Waals surface area contributed by atoms with Crippen LogP contribution in [0.5, 0.6) is 0 Å². The van der Waals surface area contributed by atoms with Gasteiger partial charge >= 0.3 is 0 Å². The number of aromatic nitrogens is 1. The van der Waals surface area contributed by atoms with E-state index in [0.717, 1.165) is 19.5 Å². The summed E-state index contributed by atoms with van der Waals surface area (Å²) in [5, 5.41) is 3.41. The van der Waals surface area contributed by atoms with Gasteiger partial charge in [0.25, 0.3) is 0 Å². The van der Waals surface area contributed by atoms with Crippen molar-refractivity contribution in [3.63, 3.8) is 0 Å². The maximum atomic E-state index is 3.41. The number of fused-ring (bicyclic) bond motifs is 1. The number of benzene rings is 1. The fourth-order valence-electron chi connectivity index (χ4n) is 2.68. The molecule has 1 aromatic heterocycles. The summed E-state index contributed by atoms with van der Waals surface area (Å²) < 4.78 is 2.32. The van der Waals surface area contributed by atoms with Crippen molar-refractivity contribution in [3.05, 3.63) is 52.8 Å². The maximum absolute atomic E-state index is 3.41. The first kappa shape index (κ1) is 10.6. The average molecular weight is 226 g/mol. The van der Waals surface area contributed by atoms with Gasteiger partial charge < -0.3 is 9.88 Å². The molecule has 0 saturated carbocycles. The van der Waals surface area contributed by atoms with Gasteiger partial charge in [-0.2, -0.15) is 0 Å². The van der Waals surface area contributed by atoms with Crippen molar-refractivity contribution >= 4 is 0 Å². The van der Waals surface area contributed by atoms with Gasteiger partial charge in [0.05, 0.1) is 0 Å². The summed E-state index contributed by atoms with van der Waals surface area (Å²) in [7, 11) is 0. The number of nitrogens with one attached hydrogen (secondary N) is 1. The zero-order valence-electron chi connectivity index (χ0n) is 10.5.